The van der Waals surface area contributed by atoms with Gasteiger partial charge < -0.3 is 9.47 Å². The second kappa shape index (κ2) is 4.21. The van der Waals surface area contributed by atoms with Crippen molar-refractivity contribution in [1.82, 2.24) is 0 Å². The minimum Gasteiger partial charge on any atom is -0.497 e. The molecular weight excluding hydrogens is 220 g/mol. The molecule has 1 aromatic carbocycles. The molecule has 3 heteroatoms. The molecule has 1 atom stereocenters. The van der Waals surface area contributed by atoms with Crippen molar-refractivity contribution in [3.8, 4) is 11.5 Å². The molecule has 16 heavy (non-hydrogen) atoms. The largest absolute Gasteiger partial charge is 0.497 e. The fourth-order valence-corrected chi connectivity index (χ4v) is 3.51. The van der Waals surface area contributed by atoms with Crippen molar-refractivity contribution in [2.24, 2.45) is 0 Å². The maximum Gasteiger partial charge on any atom is 0.127 e. The van der Waals surface area contributed by atoms with Gasteiger partial charge in [0, 0.05) is 16.4 Å². The van der Waals surface area contributed by atoms with Crippen LogP contribution < -0.4 is 9.47 Å². The Morgan fingerprint density at radius 3 is 2.38 bits per heavy atom. The SMILES string of the molecule is COc1cc(C)c(C2(C)CCS2)c(OC)c1. The summed E-state index contributed by atoms with van der Waals surface area (Å²) in [5, 5.41) is 0. The first-order valence-corrected chi connectivity index (χ1v) is 6.46. The van der Waals surface area contributed by atoms with Crippen LogP contribution in [0, 0.1) is 6.92 Å². The van der Waals surface area contributed by atoms with Crippen molar-refractivity contribution < 1.29 is 9.47 Å². The number of methoxy groups -OCH3 is 2. The van der Waals surface area contributed by atoms with Gasteiger partial charge in [0.15, 0.2) is 0 Å². The number of thioether (sulfide) groups is 1. The fraction of sp³-hybridized carbons (Fsp3) is 0.538. The highest BCUT2D eigenvalue weighted by atomic mass is 32.2. The topological polar surface area (TPSA) is 18.5 Å². The first-order chi connectivity index (χ1) is 7.60. The van der Waals surface area contributed by atoms with Gasteiger partial charge in [0.2, 0.25) is 0 Å². The minimum atomic E-state index is 0.224. The summed E-state index contributed by atoms with van der Waals surface area (Å²) < 4.78 is 11.0. The lowest BCUT2D eigenvalue weighted by atomic mass is 9.91. The Morgan fingerprint density at radius 1 is 1.25 bits per heavy atom. The van der Waals surface area contributed by atoms with Crippen molar-refractivity contribution in [1.29, 1.82) is 0 Å². The lowest BCUT2D eigenvalue weighted by molar-refractivity contribution is 0.385. The number of hydrogen-bond donors (Lipinski definition) is 0. The summed E-state index contributed by atoms with van der Waals surface area (Å²) in [4.78, 5) is 0. The number of rotatable bonds is 3. The Labute approximate surface area is 101 Å². The van der Waals surface area contributed by atoms with E-state index in [0.29, 0.717) is 0 Å². The van der Waals surface area contributed by atoms with E-state index in [4.69, 9.17) is 9.47 Å². The molecule has 0 aromatic heterocycles. The van der Waals surface area contributed by atoms with Crippen LogP contribution >= 0.6 is 11.8 Å². The molecule has 0 N–H and O–H groups in total. The van der Waals surface area contributed by atoms with Gasteiger partial charge in [-0.25, -0.2) is 0 Å². The van der Waals surface area contributed by atoms with Crippen LogP contribution in [-0.4, -0.2) is 20.0 Å². The maximum absolute atomic E-state index is 5.50. The number of aryl methyl sites for hydroxylation is 1. The van der Waals surface area contributed by atoms with Gasteiger partial charge >= 0.3 is 0 Å². The molecule has 1 aliphatic rings. The van der Waals surface area contributed by atoms with Crippen LogP contribution in [0.5, 0.6) is 11.5 Å². The summed E-state index contributed by atoms with van der Waals surface area (Å²) in [6.07, 6.45) is 1.22. The molecule has 0 spiro atoms. The van der Waals surface area contributed by atoms with Crippen molar-refractivity contribution >= 4 is 11.8 Å². The van der Waals surface area contributed by atoms with Crippen LogP contribution in [0.2, 0.25) is 0 Å². The van der Waals surface area contributed by atoms with Gasteiger partial charge in [0.25, 0.3) is 0 Å². The zero-order valence-electron chi connectivity index (χ0n) is 10.3. The highest BCUT2D eigenvalue weighted by Crippen LogP contribution is 2.53. The first-order valence-electron chi connectivity index (χ1n) is 5.48. The molecule has 0 radical (unpaired) electrons. The molecule has 1 unspecified atom stereocenters. The lowest BCUT2D eigenvalue weighted by Crippen LogP contribution is -2.29. The zero-order chi connectivity index (χ0) is 11.8. The Bertz CT molecular complexity index is 397. The van der Waals surface area contributed by atoms with E-state index in [-0.39, 0.29) is 4.75 Å². The van der Waals surface area contributed by atoms with Gasteiger partial charge in [-0.1, -0.05) is 0 Å². The number of ether oxygens (including phenoxy) is 2. The summed E-state index contributed by atoms with van der Waals surface area (Å²) in [7, 11) is 3.41. The predicted octanol–water partition coefficient (Wildman–Crippen LogP) is 3.36. The zero-order valence-corrected chi connectivity index (χ0v) is 11.1. The molecule has 1 fully saturated rings. The van der Waals surface area contributed by atoms with E-state index in [1.165, 1.54) is 23.3 Å². The van der Waals surface area contributed by atoms with Crippen LogP contribution in [0.4, 0.5) is 0 Å². The second-order valence-electron chi connectivity index (χ2n) is 4.35. The average molecular weight is 238 g/mol. The number of benzene rings is 1. The van der Waals surface area contributed by atoms with Crippen LogP contribution in [0.3, 0.4) is 0 Å². The standard InChI is InChI=1S/C13H18O2S/c1-9-7-10(14-3)8-11(15-4)12(9)13(2)5-6-16-13/h7-8H,5-6H2,1-4H3. The molecule has 0 amide bonds. The van der Waals surface area contributed by atoms with Gasteiger partial charge in [-0.05, 0) is 37.7 Å². The van der Waals surface area contributed by atoms with Crippen molar-refractivity contribution in [3.05, 3.63) is 23.3 Å². The van der Waals surface area contributed by atoms with Crippen LogP contribution in [-0.2, 0) is 4.75 Å². The molecule has 2 rings (SSSR count). The average Bonchev–Trinajstić information content (AvgIpc) is 2.24. The summed E-state index contributed by atoms with van der Waals surface area (Å²) in [5.74, 6) is 3.06. The van der Waals surface area contributed by atoms with E-state index in [1.807, 2.05) is 17.8 Å². The summed E-state index contributed by atoms with van der Waals surface area (Å²) in [6, 6.07) is 4.06. The Kier molecular flexibility index (Phi) is 3.06. The van der Waals surface area contributed by atoms with Gasteiger partial charge in [0.05, 0.1) is 14.2 Å². The van der Waals surface area contributed by atoms with E-state index >= 15 is 0 Å². The lowest BCUT2D eigenvalue weighted by Gasteiger charge is -2.40. The summed E-state index contributed by atoms with van der Waals surface area (Å²) in [5.41, 5.74) is 2.58. The van der Waals surface area contributed by atoms with Gasteiger partial charge in [-0.2, -0.15) is 11.8 Å². The van der Waals surface area contributed by atoms with Crippen molar-refractivity contribution in [2.75, 3.05) is 20.0 Å². The third-order valence-electron chi connectivity index (χ3n) is 3.26. The predicted molar refractivity (Wildman–Crippen MR) is 68.7 cm³/mol. The van der Waals surface area contributed by atoms with Crippen LogP contribution in [0.25, 0.3) is 0 Å². The molecule has 0 aliphatic carbocycles. The summed E-state index contributed by atoms with van der Waals surface area (Å²) >= 11 is 2.00. The van der Waals surface area contributed by atoms with E-state index in [9.17, 15) is 0 Å². The second-order valence-corrected chi connectivity index (χ2v) is 5.95. The molecule has 0 bridgehead atoms. The molecular formula is C13H18O2S. The number of hydrogen-bond acceptors (Lipinski definition) is 3. The molecule has 1 aliphatic heterocycles. The monoisotopic (exact) mass is 238 g/mol. The molecule has 0 saturated carbocycles. The normalized spacial score (nSPS) is 23.8. The van der Waals surface area contributed by atoms with Gasteiger partial charge in [-0.15, -0.1) is 0 Å². The Balaban J connectivity index is 2.50. The quantitative estimate of drug-likeness (QED) is 0.804. The smallest absolute Gasteiger partial charge is 0.127 e. The third-order valence-corrected chi connectivity index (χ3v) is 4.71. The Hall–Kier alpha value is -0.830. The van der Waals surface area contributed by atoms with Crippen molar-refractivity contribution in [3.63, 3.8) is 0 Å². The van der Waals surface area contributed by atoms with E-state index < -0.39 is 0 Å². The highest BCUT2D eigenvalue weighted by molar-refractivity contribution is 8.01. The Morgan fingerprint density at radius 2 is 1.94 bits per heavy atom. The first kappa shape index (κ1) is 11.6. The fourth-order valence-electron chi connectivity index (χ4n) is 2.28. The highest BCUT2D eigenvalue weighted by Gasteiger charge is 2.38. The molecule has 1 aromatic rings. The van der Waals surface area contributed by atoms with E-state index in [1.54, 1.807) is 14.2 Å². The molecule has 1 heterocycles. The molecule has 2 nitrogen and oxygen atoms in total. The van der Waals surface area contributed by atoms with E-state index in [0.717, 1.165) is 11.5 Å². The summed E-state index contributed by atoms with van der Waals surface area (Å²) in [6.45, 7) is 4.42. The van der Waals surface area contributed by atoms with Gasteiger partial charge in [0.1, 0.15) is 11.5 Å². The maximum atomic E-state index is 5.50. The molecule has 88 valence electrons. The third kappa shape index (κ3) is 1.77. The van der Waals surface area contributed by atoms with Crippen LogP contribution in [0.1, 0.15) is 24.5 Å². The van der Waals surface area contributed by atoms with E-state index in [2.05, 4.69) is 19.9 Å². The van der Waals surface area contributed by atoms with Crippen LogP contribution in [0.15, 0.2) is 12.1 Å². The van der Waals surface area contributed by atoms with Crippen molar-refractivity contribution in [2.45, 2.75) is 25.0 Å². The molecule has 1 saturated heterocycles. The van der Waals surface area contributed by atoms with Gasteiger partial charge in [-0.3, -0.25) is 0 Å². The minimum absolute atomic E-state index is 0.224.